The summed E-state index contributed by atoms with van der Waals surface area (Å²) in [6.45, 7) is 6.36. The van der Waals surface area contributed by atoms with E-state index in [1.165, 1.54) is 17.3 Å². The van der Waals surface area contributed by atoms with Crippen LogP contribution in [-0.2, 0) is 13.0 Å². The van der Waals surface area contributed by atoms with E-state index >= 15 is 0 Å². The predicted molar refractivity (Wildman–Crippen MR) is 67.5 cm³/mol. The minimum atomic E-state index is -0.146. The molecule has 0 spiro atoms. The number of benzene rings is 1. The van der Waals surface area contributed by atoms with E-state index in [1.54, 1.807) is 6.07 Å². The van der Waals surface area contributed by atoms with E-state index in [2.05, 4.69) is 23.7 Å². The summed E-state index contributed by atoms with van der Waals surface area (Å²) in [7, 11) is 0. The van der Waals surface area contributed by atoms with E-state index in [-0.39, 0.29) is 5.82 Å². The fourth-order valence-corrected chi connectivity index (χ4v) is 2.87. The zero-order chi connectivity index (χ0) is 12.0. The third-order valence-corrected chi connectivity index (χ3v) is 3.87. The Morgan fingerprint density at radius 1 is 1.47 bits per heavy atom. The van der Waals surface area contributed by atoms with Crippen LogP contribution in [0.5, 0.6) is 0 Å². The third kappa shape index (κ3) is 1.57. The number of nitrogens with one attached hydrogen (secondary N) is 1. The topological polar surface area (TPSA) is 19.0 Å². The number of halogens is 1. The molecule has 1 aromatic heterocycles. The Labute approximate surface area is 100 Å². The molecule has 1 aromatic carbocycles. The van der Waals surface area contributed by atoms with Crippen LogP contribution < -0.4 is 0 Å². The maximum absolute atomic E-state index is 13.7. The monoisotopic (exact) mass is 232 g/mol. The van der Waals surface area contributed by atoms with Crippen LogP contribution in [0.4, 0.5) is 4.39 Å². The molecule has 1 aliphatic rings. The molecule has 1 N–H and O–H groups in total. The van der Waals surface area contributed by atoms with Crippen molar-refractivity contribution in [3.63, 3.8) is 0 Å². The molecule has 0 bridgehead atoms. The van der Waals surface area contributed by atoms with Gasteiger partial charge < -0.3 is 4.98 Å². The normalized spacial score (nSPS) is 20.8. The summed E-state index contributed by atoms with van der Waals surface area (Å²) >= 11 is 0. The van der Waals surface area contributed by atoms with Crippen LogP contribution in [0.15, 0.2) is 18.2 Å². The van der Waals surface area contributed by atoms with Gasteiger partial charge in [0.05, 0.1) is 5.52 Å². The lowest BCUT2D eigenvalue weighted by Crippen LogP contribution is -2.37. The van der Waals surface area contributed by atoms with Gasteiger partial charge in [-0.15, -0.1) is 0 Å². The lowest BCUT2D eigenvalue weighted by atomic mass is 9.98. The summed E-state index contributed by atoms with van der Waals surface area (Å²) in [4.78, 5) is 5.66. The fourth-order valence-electron chi connectivity index (χ4n) is 2.87. The quantitative estimate of drug-likeness (QED) is 0.800. The number of likely N-dealkylation sites (N-methyl/N-ethyl adjacent to an activating group) is 1. The average Bonchev–Trinajstić information content (AvgIpc) is 2.68. The van der Waals surface area contributed by atoms with Gasteiger partial charge in [-0.3, -0.25) is 4.90 Å². The Hall–Kier alpha value is -1.35. The van der Waals surface area contributed by atoms with Crippen molar-refractivity contribution in [1.29, 1.82) is 0 Å². The highest BCUT2D eigenvalue weighted by atomic mass is 19.1. The fraction of sp³-hybridized carbons (Fsp3) is 0.429. The maximum atomic E-state index is 13.7. The number of H-pyrrole nitrogens is 1. The highest BCUT2D eigenvalue weighted by Crippen LogP contribution is 2.30. The molecule has 0 saturated carbocycles. The SMILES string of the molecule is CCN1Cc2[nH]c3c(F)cccc3c2CC1C. The molecule has 2 heterocycles. The summed E-state index contributed by atoms with van der Waals surface area (Å²) < 4.78 is 13.7. The number of fused-ring (bicyclic) bond motifs is 3. The first-order chi connectivity index (χ1) is 8.20. The van der Waals surface area contributed by atoms with Crippen LogP contribution in [0.25, 0.3) is 10.9 Å². The van der Waals surface area contributed by atoms with Crippen molar-refractivity contribution >= 4 is 10.9 Å². The molecule has 1 aliphatic heterocycles. The molecule has 2 nitrogen and oxygen atoms in total. The van der Waals surface area contributed by atoms with Crippen LogP contribution in [-0.4, -0.2) is 22.5 Å². The van der Waals surface area contributed by atoms with Gasteiger partial charge in [0.15, 0.2) is 0 Å². The van der Waals surface area contributed by atoms with Crippen molar-refractivity contribution in [3.8, 4) is 0 Å². The van der Waals surface area contributed by atoms with Crippen molar-refractivity contribution in [3.05, 3.63) is 35.3 Å². The number of nitrogens with zero attached hydrogens (tertiary/aromatic N) is 1. The Morgan fingerprint density at radius 2 is 2.29 bits per heavy atom. The van der Waals surface area contributed by atoms with Crippen molar-refractivity contribution in [1.82, 2.24) is 9.88 Å². The number of hydrogen-bond donors (Lipinski definition) is 1. The van der Waals surface area contributed by atoms with Gasteiger partial charge in [-0.05, 0) is 31.5 Å². The first-order valence-electron chi connectivity index (χ1n) is 6.22. The first kappa shape index (κ1) is 10.8. The van der Waals surface area contributed by atoms with Crippen molar-refractivity contribution < 1.29 is 4.39 Å². The molecular weight excluding hydrogens is 215 g/mol. The number of rotatable bonds is 1. The lowest BCUT2D eigenvalue weighted by Gasteiger charge is -2.32. The highest BCUT2D eigenvalue weighted by Gasteiger charge is 2.25. The van der Waals surface area contributed by atoms with Gasteiger partial charge in [0.25, 0.3) is 0 Å². The third-order valence-electron chi connectivity index (χ3n) is 3.87. The molecule has 2 aromatic rings. The van der Waals surface area contributed by atoms with E-state index in [1.807, 2.05) is 6.07 Å². The number of hydrogen-bond acceptors (Lipinski definition) is 1. The Balaban J connectivity index is 2.16. The molecule has 0 radical (unpaired) electrons. The molecule has 90 valence electrons. The van der Waals surface area contributed by atoms with E-state index < -0.39 is 0 Å². The Morgan fingerprint density at radius 3 is 3.06 bits per heavy atom. The van der Waals surface area contributed by atoms with Gasteiger partial charge in [0, 0.05) is 23.7 Å². The van der Waals surface area contributed by atoms with Crippen molar-refractivity contribution in [2.24, 2.45) is 0 Å². The van der Waals surface area contributed by atoms with Crippen LogP contribution in [0.2, 0.25) is 0 Å². The van der Waals surface area contributed by atoms with Gasteiger partial charge in [0.1, 0.15) is 5.82 Å². The zero-order valence-electron chi connectivity index (χ0n) is 10.3. The highest BCUT2D eigenvalue weighted by molar-refractivity contribution is 5.85. The van der Waals surface area contributed by atoms with E-state index in [9.17, 15) is 4.39 Å². The molecule has 3 rings (SSSR count). The molecule has 0 fully saturated rings. The predicted octanol–water partition coefficient (Wildman–Crippen LogP) is 3.07. The second-order valence-corrected chi connectivity index (χ2v) is 4.86. The molecule has 1 atom stereocenters. The number of aromatic amines is 1. The molecular formula is C14H17FN2. The lowest BCUT2D eigenvalue weighted by molar-refractivity contribution is 0.193. The second-order valence-electron chi connectivity index (χ2n) is 4.86. The number of aromatic nitrogens is 1. The van der Waals surface area contributed by atoms with Crippen LogP contribution >= 0.6 is 0 Å². The summed E-state index contributed by atoms with van der Waals surface area (Å²) in [5.74, 6) is -0.146. The molecule has 0 aliphatic carbocycles. The first-order valence-corrected chi connectivity index (χ1v) is 6.22. The minimum Gasteiger partial charge on any atom is -0.355 e. The van der Waals surface area contributed by atoms with Gasteiger partial charge in [0.2, 0.25) is 0 Å². The van der Waals surface area contributed by atoms with Gasteiger partial charge >= 0.3 is 0 Å². The van der Waals surface area contributed by atoms with E-state index in [0.717, 1.165) is 24.9 Å². The summed E-state index contributed by atoms with van der Waals surface area (Å²) in [5, 5.41) is 1.06. The van der Waals surface area contributed by atoms with Gasteiger partial charge in [-0.1, -0.05) is 19.1 Å². The summed E-state index contributed by atoms with van der Waals surface area (Å²) in [5.41, 5.74) is 3.16. The molecule has 3 heteroatoms. The molecule has 17 heavy (non-hydrogen) atoms. The van der Waals surface area contributed by atoms with Crippen LogP contribution in [0, 0.1) is 5.82 Å². The molecule has 0 saturated heterocycles. The van der Waals surface area contributed by atoms with Crippen molar-refractivity contribution in [2.45, 2.75) is 32.9 Å². The van der Waals surface area contributed by atoms with Crippen LogP contribution in [0.1, 0.15) is 25.1 Å². The average molecular weight is 232 g/mol. The maximum Gasteiger partial charge on any atom is 0.147 e. The standard InChI is InChI=1S/C14H17FN2/c1-3-17-8-13-11(7-9(17)2)10-5-4-6-12(15)14(10)16-13/h4-6,9,16H,3,7-8H2,1-2H3. The summed E-state index contributed by atoms with van der Waals surface area (Å²) in [6, 6.07) is 5.87. The van der Waals surface area contributed by atoms with Gasteiger partial charge in [-0.2, -0.15) is 0 Å². The molecule has 1 unspecified atom stereocenters. The second kappa shape index (κ2) is 3.84. The summed E-state index contributed by atoms with van der Waals surface area (Å²) in [6.07, 6.45) is 1.01. The minimum absolute atomic E-state index is 0.146. The van der Waals surface area contributed by atoms with E-state index in [0.29, 0.717) is 11.6 Å². The van der Waals surface area contributed by atoms with Crippen LogP contribution in [0.3, 0.4) is 0 Å². The van der Waals surface area contributed by atoms with E-state index in [4.69, 9.17) is 0 Å². The number of para-hydroxylation sites is 1. The zero-order valence-corrected chi connectivity index (χ0v) is 10.3. The van der Waals surface area contributed by atoms with Gasteiger partial charge in [-0.25, -0.2) is 4.39 Å². The Kier molecular flexibility index (Phi) is 2.44. The molecule has 0 amide bonds. The van der Waals surface area contributed by atoms with Crippen molar-refractivity contribution in [2.75, 3.05) is 6.54 Å². The largest absolute Gasteiger partial charge is 0.355 e. The smallest absolute Gasteiger partial charge is 0.147 e. The Bertz CT molecular complexity index is 559.